The summed E-state index contributed by atoms with van der Waals surface area (Å²) in [5.74, 6) is 0.783. The Morgan fingerprint density at radius 3 is 1.28 bits per heavy atom. The van der Waals surface area contributed by atoms with Crippen LogP contribution in [0.5, 0.6) is 11.5 Å². The van der Waals surface area contributed by atoms with Crippen LogP contribution < -0.4 is 0 Å². The molecule has 0 atom stereocenters. The summed E-state index contributed by atoms with van der Waals surface area (Å²) in [7, 11) is 0. The van der Waals surface area contributed by atoms with Crippen LogP contribution in [0.25, 0.3) is 0 Å². The van der Waals surface area contributed by atoms with Gasteiger partial charge in [-0.2, -0.15) is 0 Å². The number of phenolic OH excluding ortho intramolecular Hbond substituents is 2. The Morgan fingerprint density at radius 1 is 0.469 bits per heavy atom. The number of para-hydroxylation sites is 2. The van der Waals surface area contributed by atoms with Crippen LogP contribution in [0, 0.1) is 0 Å². The molecule has 2 aromatic rings. The molecule has 0 radical (unpaired) electrons. The van der Waals surface area contributed by atoms with Gasteiger partial charge in [0.2, 0.25) is 0 Å². The molecule has 0 unspecified atom stereocenters. The van der Waals surface area contributed by atoms with Crippen LogP contribution in [0.1, 0.15) is 115 Å². The zero-order valence-corrected chi connectivity index (χ0v) is 20.6. The predicted octanol–water partition coefficient (Wildman–Crippen LogP) is 9.59. The van der Waals surface area contributed by atoms with Gasteiger partial charge in [0.05, 0.1) is 0 Å². The van der Waals surface area contributed by atoms with E-state index in [1.165, 1.54) is 103 Å². The molecule has 180 valence electrons. The molecular formula is C30H48O2. The Kier molecular flexibility index (Phi) is 18.3. The van der Waals surface area contributed by atoms with Crippen molar-refractivity contribution in [2.24, 2.45) is 0 Å². The number of phenols is 2. The lowest BCUT2D eigenvalue weighted by Gasteiger charge is -2.05. The van der Waals surface area contributed by atoms with Crippen LogP contribution in [0.4, 0.5) is 0 Å². The van der Waals surface area contributed by atoms with Crippen molar-refractivity contribution >= 4 is 0 Å². The Labute approximate surface area is 198 Å². The van der Waals surface area contributed by atoms with Crippen molar-refractivity contribution in [1.82, 2.24) is 0 Å². The van der Waals surface area contributed by atoms with E-state index in [4.69, 9.17) is 5.11 Å². The maximum Gasteiger partial charge on any atom is 0.118 e. The maximum absolute atomic E-state index is 9.74. The highest BCUT2D eigenvalue weighted by Gasteiger charge is 1.99. The third kappa shape index (κ3) is 16.7. The molecule has 0 aliphatic rings. The van der Waals surface area contributed by atoms with E-state index in [0.717, 1.165) is 12.0 Å². The number of aryl methyl sites for hydroxylation is 1. The molecular weight excluding hydrogens is 392 g/mol. The summed E-state index contributed by atoms with van der Waals surface area (Å²) in [6, 6.07) is 16.5. The Balaban J connectivity index is 0.000000616. The Morgan fingerprint density at radius 2 is 0.875 bits per heavy atom. The summed E-state index contributed by atoms with van der Waals surface area (Å²) in [6.45, 7) is 2.29. The van der Waals surface area contributed by atoms with Crippen molar-refractivity contribution < 1.29 is 10.2 Å². The fourth-order valence-corrected chi connectivity index (χ4v) is 4.01. The van der Waals surface area contributed by atoms with Crippen LogP contribution >= 0.6 is 0 Å². The lowest BCUT2D eigenvalue weighted by molar-refractivity contribution is 0.465. The molecule has 0 heterocycles. The number of benzene rings is 2. The van der Waals surface area contributed by atoms with Crippen molar-refractivity contribution in [1.29, 1.82) is 0 Å². The van der Waals surface area contributed by atoms with Crippen LogP contribution in [0.15, 0.2) is 54.6 Å². The zero-order valence-electron chi connectivity index (χ0n) is 20.6. The summed E-state index contributed by atoms with van der Waals surface area (Å²) in [5.41, 5.74) is 1.10. The van der Waals surface area contributed by atoms with Gasteiger partial charge in [-0.05, 0) is 36.6 Å². The SMILES string of the molecule is CCCCCCCCCCCCCCCCCCc1ccccc1O.Oc1ccccc1. The molecule has 2 aromatic carbocycles. The minimum absolute atomic E-state index is 0.322. The molecule has 2 N–H and O–H groups in total. The maximum atomic E-state index is 9.74. The molecule has 2 nitrogen and oxygen atoms in total. The molecule has 0 aromatic heterocycles. The van der Waals surface area contributed by atoms with Crippen molar-refractivity contribution in [3.05, 3.63) is 60.2 Å². The lowest BCUT2D eigenvalue weighted by Crippen LogP contribution is -1.87. The second-order valence-corrected chi connectivity index (χ2v) is 9.02. The summed E-state index contributed by atoms with van der Waals surface area (Å²) in [4.78, 5) is 0. The third-order valence-corrected chi connectivity index (χ3v) is 6.05. The molecule has 2 heteroatoms. The largest absolute Gasteiger partial charge is 0.508 e. The van der Waals surface area contributed by atoms with Crippen molar-refractivity contribution in [2.75, 3.05) is 0 Å². The smallest absolute Gasteiger partial charge is 0.118 e. The number of aromatic hydroxyl groups is 2. The van der Waals surface area contributed by atoms with Gasteiger partial charge in [-0.3, -0.25) is 0 Å². The topological polar surface area (TPSA) is 40.5 Å². The van der Waals surface area contributed by atoms with Gasteiger partial charge in [-0.25, -0.2) is 0 Å². The van der Waals surface area contributed by atoms with Gasteiger partial charge in [-0.15, -0.1) is 0 Å². The van der Waals surface area contributed by atoms with E-state index in [9.17, 15) is 5.11 Å². The van der Waals surface area contributed by atoms with Gasteiger partial charge < -0.3 is 10.2 Å². The van der Waals surface area contributed by atoms with Crippen molar-refractivity contribution in [3.63, 3.8) is 0 Å². The summed E-state index contributed by atoms with van der Waals surface area (Å²) >= 11 is 0. The average Bonchev–Trinajstić information content (AvgIpc) is 2.81. The fraction of sp³-hybridized carbons (Fsp3) is 0.600. The molecule has 0 fully saturated rings. The Hall–Kier alpha value is -1.96. The third-order valence-electron chi connectivity index (χ3n) is 6.05. The summed E-state index contributed by atoms with van der Waals surface area (Å²) in [5, 5.41) is 18.4. The van der Waals surface area contributed by atoms with Gasteiger partial charge in [0.25, 0.3) is 0 Å². The van der Waals surface area contributed by atoms with Gasteiger partial charge in [0.15, 0.2) is 0 Å². The van der Waals surface area contributed by atoms with E-state index < -0.39 is 0 Å². The van der Waals surface area contributed by atoms with E-state index >= 15 is 0 Å². The minimum Gasteiger partial charge on any atom is -0.508 e. The van der Waals surface area contributed by atoms with Gasteiger partial charge in [0, 0.05) is 0 Å². The van der Waals surface area contributed by atoms with Gasteiger partial charge in [0.1, 0.15) is 11.5 Å². The highest BCUT2D eigenvalue weighted by Crippen LogP contribution is 2.19. The molecule has 0 spiro atoms. The summed E-state index contributed by atoms with van der Waals surface area (Å²) < 4.78 is 0. The Bertz CT molecular complexity index is 638. The molecule has 2 rings (SSSR count). The van der Waals surface area contributed by atoms with E-state index in [1.54, 1.807) is 30.3 Å². The van der Waals surface area contributed by atoms with Gasteiger partial charge >= 0.3 is 0 Å². The lowest BCUT2D eigenvalue weighted by atomic mass is 10.0. The first-order valence-corrected chi connectivity index (χ1v) is 13.2. The second kappa shape index (κ2) is 20.9. The summed E-state index contributed by atoms with van der Waals surface area (Å²) in [6.07, 6.45) is 23.5. The number of hydrogen-bond acceptors (Lipinski definition) is 2. The van der Waals surface area contributed by atoms with E-state index in [1.807, 2.05) is 24.3 Å². The highest BCUT2D eigenvalue weighted by molar-refractivity contribution is 5.31. The van der Waals surface area contributed by atoms with Crippen molar-refractivity contribution in [2.45, 2.75) is 116 Å². The standard InChI is InChI=1S/C24H42O.C6H6O/c1-2-3-4-5-6-7-8-9-10-11-12-13-14-15-16-17-20-23-21-18-19-22-24(23)25;7-6-4-2-1-3-5-6/h18-19,21-22,25H,2-17,20H2,1H3;1-5,7H. The predicted molar refractivity (Wildman–Crippen MR) is 139 cm³/mol. The monoisotopic (exact) mass is 440 g/mol. The second-order valence-electron chi connectivity index (χ2n) is 9.02. The minimum atomic E-state index is 0.322. The van der Waals surface area contributed by atoms with E-state index in [-0.39, 0.29) is 0 Å². The highest BCUT2D eigenvalue weighted by atomic mass is 16.3. The quantitative estimate of drug-likeness (QED) is 0.240. The van der Waals surface area contributed by atoms with Crippen molar-refractivity contribution in [3.8, 4) is 11.5 Å². The molecule has 0 aliphatic heterocycles. The first-order valence-electron chi connectivity index (χ1n) is 13.2. The number of unbranched alkanes of at least 4 members (excludes halogenated alkanes) is 15. The van der Waals surface area contributed by atoms with Crippen LogP contribution in [0.2, 0.25) is 0 Å². The molecule has 32 heavy (non-hydrogen) atoms. The van der Waals surface area contributed by atoms with Crippen LogP contribution in [0.3, 0.4) is 0 Å². The molecule has 0 saturated heterocycles. The van der Waals surface area contributed by atoms with E-state index in [0.29, 0.717) is 11.5 Å². The fourth-order valence-electron chi connectivity index (χ4n) is 4.01. The first-order chi connectivity index (χ1) is 15.7. The number of hydrogen-bond donors (Lipinski definition) is 2. The first kappa shape index (κ1) is 28.1. The van der Waals surface area contributed by atoms with Crippen LogP contribution in [-0.4, -0.2) is 10.2 Å². The molecule has 0 amide bonds. The van der Waals surface area contributed by atoms with Crippen LogP contribution in [-0.2, 0) is 6.42 Å². The number of rotatable bonds is 17. The van der Waals surface area contributed by atoms with Gasteiger partial charge in [-0.1, -0.05) is 140 Å². The zero-order chi connectivity index (χ0) is 23.1. The van der Waals surface area contributed by atoms with E-state index in [2.05, 4.69) is 6.92 Å². The molecule has 0 saturated carbocycles. The normalized spacial score (nSPS) is 10.5. The molecule has 0 bridgehead atoms. The molecule has 0 aliphatic carbocycles. The average molecular weight is 441 g/mol.